The van der Waals surface area contributed by atoms with Crippen molar-refractivity contribution in [3.8, 4) is 27.9 Å². The number of nitrogens with zero attached hydrogens (tertiary/aromatic N) is 2. The number of hydrogen-bond donors (Lipinski definition) is 0. The molecule has 0 amide bonds. The Morgan fingerprint density at radius 3 is 1.64 bits per heavy atom. The Balaban J connectivity index is 0.923. The molecule has 12 aromatic rings. The summed E-state index contributed by atoms with van der Waals surface area (Å²) in [6.45, 7) is 0. The van der Waals surface area contributed by atoms with Gasteiger partial charge in [-0.15, -0.1) is 0 Å². The quantitative estimate of drug-likeness (QED) is 0.169. The topological polar surface area (TPSA) is 21.3 Å². The molecule has 2 heterocycles. The first kappa shape index (κ1) is 33.3. The highest BCUT2D eigenvalue weighted by atomic mass is 16.3. The molecule has 0 bridgehead atoms. The van der Waals surface area contributed by atoms with Gasteiger partial charge in [0.25, 0.3) is 0 Å². The van der Waals surface area contributed by atoms with Crippen LogP contribution in [0.15, 0.2) is 223 Å². The summed E-state index contributed by atoms with van der Waals surface area (Å²) in [5.74, 6) is 0. The maximum Gasteiger partial charge on any atom is 0.137 e. The Kier molecular flexibility index (Phi) is 7.54. The molecule has 276 valence electrons. The van der Waals surface area contributed by atoms with Crippen LogP contribution < -0.4 is 4.90 Å². The highest BCUT2D eigenvalue weighted by Crippen LogP contribution is 2.41. The summed E-state index contributed by atoms with van der Waals surface area (Å²) in [4.78, 5) is 2.32. The highest BCUT2D eigenvalue weighted by Gasteiger charge is 2.17. The summed E-state index contributed by atoms with van der Waals surface area (Å²) < 4.78 is 8.78. The summed E-state index contributed by atoms with van der Waals surface area (Å²) >= 11 is 0. The van der Waals surface area contributed by atoms with E-state index < -0.39 is 0 Å². The van der Waals surface area contributed by atoms with Gasteiger partial charge in [-0.05, 0) is 117 Å². The minimum Gasteiger partial charge on any atom is -0.456 e. The molecule has 3 nitrogen and oxygen atoms in total. The molecular weight excluding hydrogens is 717 g/mol. The highest BCUT2D eigenvalue weighted by molar-refractivity contribution is 6.13. The van der Waals surface area contributed by atoms with Crippen molar-refractivity contribution in [3.05, 3.63) is 218 Å². The predicted molar refractivity (Wildman–Crippen MR) is 249 cm³/mol. The minimum absolute atomic E-state index is 0.870. The predicted octanol–water partition coefficient (Wildman–Crippen LogP) is 15.8. The van der Waals surface area contributed by atoms with Crippen LogP contribution in [-0.4, -0.2) is 4.57 Å². The van der Waals surface area contributed by atoms with Gasteiger partial charge in [-0.1, -0.05) is 140 Å². The Bertz CT molecular complexity index is 3530. The summed E-state index contributed by atoms with van der Waals surface area (Å²) in [5.41, 5.74) is 13.2. The standard InChI is InChI=1S/C56H36N2O/c1-2-12-42-35-54-52(34-41(42)11-1)49-15-5-7-18-53(49)58(54)45-28-22-38(23-29-45)37-20-26-43(27-21-37)57(46-32-33-51-50-16-6-8-19-55(50)59-56(51)36-46)44-30-24-40(25-31-44)48-17-9-13-39-10-3-4-14-47(39)48/h1-36H. The third-order valence-electron chi connectivity index (χ3n) is 12.0. The van der Waals surface area contributed by atoms with Gasteiger partial charge in [0.05, 0.1) is 11.0 Å². The van der Waals surface area contributed by atoms with Crippen molar-refractivity contribution < 1.29 is 4.42 Å². The van der Waals surface area contributed by atoms with Crippen molar-refractivity contribution >= 4 is 82.4 Å². The molecule has 0 radical (unpaired) electrons. The van der Waals surface area contributed by atoms with Gasteiger partial charge in [0.15, 0.2) is 0 Å². The lowest BCUT2D eigenvalue weighted by molar-refractivity contribution is 0.669. The Labute approximate surface area is 341 Å². The first-order valence-corrected chi connectivity index (χ1v) is 20.2. The fourth-order valence-electron chi connectivity index (χ4n) is 9.11. The van der Waals surface area contributed by atoms with Crippen LogP contribution in [0, 0.1) is 0 Å². The normalized spacial score (nSPS) is 11.7. The Morgan fingerprint density at radius 2 is 0.881 bits per heavy atom. The van der Waals surface area contributed by atoms with E-state index >= 15 is 0 Å². The zero-order valence-corrected chi connectivity index (χ0v) is 32.1. The van der Waals surface area contributed by atoms with Crippen LogP contribution in [-0.2, 0) is 0 Å². The van der Waals surface area contributed by atoms with Gasteiger partial charge in [-0.25, -0.2) is 0 Å². The monoisotopic (exact) mass is 752 g/mol. The second-order valence-corrected chi connectivity index (χ2v) is 15.4. The van der Waals surface area contributed by atoms with Crippen LogP contribution in [0.2, 0.25) is 0 Å². The smallest absolute Gasteiger partial charge is 0.137 e. The molecule has 0 aliphatic rings. The molecule has 0 atom stereocenters. The number of anilines is 3. The maximum atomic E-state index is 6.38. The molecule has 0 unspecified atom stereocenters. The van der Waals surface area contributed by atoms with Crippen LogP contribution in [0.1, 0.15) is 0 Å². The third kappa shape index (κ3) is 5.51. The molecule has 0 saturated heterocycles. The Morgan fingerprint density at radius 1 is 0.322 bits per heavy atom. The van der Waals surface area contributed by atoms with Crippen LogP contribution in [0.5, 0.6) is 0 Å². The van der Waals surface area contributed by atoms with E-state index in [1.807, 2.05) is 12.1 Å². The summed E-state index contributed by atoms with van der Waals surface area (Å²) in [5, 5.41) is 9.77. The van der Waals surface area contributed by atoms with Crippen molar-refractivity contribution in [2.24, 2.45) is 0 Å². The number of fused-ring (bicyclic) bond motifs is 8. The summed E-state index contributed by atoms with van der Waals surface area (Å²) in [6, 6.07) is 78.7. The number of aromatic nitrogens is 1. The average Bonchev–Trinajstić information content (AvgIpc) is 3.83. The van der Waals surface area contributed by atoms with E-state index in [4.69, 9.17) is 4.42 Å². The lowest BCUT2D eigenvalue weighted by atomic mass is 9.98. The minimum atomic E-state index is 0.870. The van der Waals surface area contributed by atoms with Gasteiger partial charge in [0, 0.05) is 50.4 Å². The van der Waals surface area contributed by atoms with Crippen molar-refractivity contribution in [1.82, 2.24) is 4.57 Å². The fraction of sp³-hybridized carbons (Fsp3) is 0. The fourth-order valence-corrected chi connectivity index (χ4v) is 9.11. The van der Waals surface area contributed by atoms with Gasteiger partial charge in [-0.2, -0.15) is 0 Å². The zero-order valence-electron chi connectivity index (χ0n) is 32.1. The third-order valence-corrected chi connectivity index (χ3v) is 12.0. The zero-order chi connectivity index (χ0) is 38.9. The van der Waals surface area contributed by atoms with Crippen molar-refractivity contribution in [3.63, 3.8) is 0 Å². The molecule has 2 aromatic heterocycles. The molecule has 0 fully saturated rings. The molecule has 0 saturated carbocycles. The van der Waals surface area contributed by atoms with Crippen molar-refractivity contribution in [2.45, 2.75) is 0 Å². The van der Waals surface area contributed by atoms with Crippen molar-refractivity contribution in [2.75, 3.05) is 4.90 Å². The molecule has 59 heavy (non-hydrogen) atoms. The lowest BCUT2D eigenvalue weighted by Crippen LogP contribution is -2.09. The Hall–Kier alpha value is -7.88. The molecule has 0 aliphatic heterocycles. The van der Waals surface area contributed by atoms with E-state index in [1.54, 1.807) is 0 Å². The van der Waals surface area contributed by atoms with E-state index in [-0.39, 0.29) is 0 Å². The molecule has 0 N–H and O–H groups in total. The summed E-state index contributed by atoms with van der Waals surface area (Å²) in [6.07, 6.45) is 0. The molecule has 12 rings (SSSR count). The number of benzene rings is 10. The van der Waals surface area contributed by atoms with E-state index in [0.29, 0.717) is 0 Å². The molecule has 3 heteroatoms. The van der Waals surface area contributed by atoms with Crippen molar-refractivity contribution in [1.29, 1.82) is 0 Å². The first-order valence-electron chi connectivity index (χ1n) is 20.2. The molecule has 10 aromatic carbocycles. The van der Waals surface area contributed by atoms with Gasteiger partial charge in [0.1, 0.15) is 11.2 Å². The van der Waals surface area contributed by atoms with Crippen LogP contribution in [0.4, 0.5) is 17.1 Å². The maximum absolute atomic E-state index is 6.38. The van der Waals surface area contributed by atoms with E-state index in [0.717, 1.165) is 50.3 Å². The SMILES string of the molecule is c1ccc2cc3c(cc2c1)c1ccccc1n3-c1ccc(-c2ccc(N(c3ccc(-c4cccc5ccccc45)cc3)c3ccc4c(c3)oc3ccccc34)cc2)cc1. The molecular formula is C56H36N2O. The number of furan rings is 1. The molecule has 0 spiro atoms. The second kappa shape index (κ2) is 13.4. The number of rotatable bonds is 6. The van der Waals surface area contributed by atoms with Gasteiger partial charge in [0.2, 0.25) is 0 Å². The second-order valence-electron chi connectivity index (χ2n) is 15.4. The lowest BCUT2D eigenvalue weighted by Gasteiger charge is -2.26. The first-order chi connectivity index (χ1) is 29.2. The van der Waals surface area contributed by atoms with Gasteiger partial charge >= 0.3 is 0 Å². The van der Waals surface area contributed by atoms with E-state index in [2.05, 4.69) is 216 Å². The molecule has 0 aliphatic carbocycles. The van der Waals surface area contributed by atoms with Crippen LogP contribution in [0.3, 0.4) is 0 Å². The van der Waals surface area contributed by atoms with Crippen LogP contribution in [0.25, 0.3) is 93.2 Å². The largest absolute Gasteiger partial charge is 0.456 e. The average molecular weight is 753 g/mol. The number of hydrogen-bond acceptors (Lipinski definition) is 2. The summed E-state index contributed by atoms with van der Waals surface area (Å²) in [7, 11) is 0. The van der Waals surface area contributed by atoms with Crippen LogP contribution >= 0.6 is 0 Å². The van der Waals surface area contributed by atoms with E-state index in [1.165, 1.54) is 60.0 Å². The number of para-hydroxylation sites is 2. The van der Waals surface area contributed by atoms with E-state index in [9.17, 15) is 0 Å². The van der Waals surface area contributed by atoms with Gasteiger partial charge in [-0.3, -0.25) is 0 Å². The van der Waals surface area contributed by atoms with Gasteiger partial charge < -0.3 is 13.9 Å².